The van der Waals surface area contributed by atoms with Crippen LogP contribution in [-0.2, 0) is 20.9 Å². The topological polar surface area (TPSA) is 119 Å². The van der Waals surface area contributed by atoms with Crippen LogP contribution in [0.4, 0.5) is 0 Å². The Morgan fingerprint density at radius 3 is 2.52 bits per heavy atom. The number of carbonyl (C=O) groups is 4. The minimum absolute atomic E-state index is 0.0816. The van der Waals surface area contributed by atoms with Crippen LogP contribution < -0.4 is 10.5 Å². The number of imide groups is 1. The fraction of sp³-hybridized carbons (Fsp3) is 0.400. The first-order valence-corrected chi connectivity index (χ1v) is 17.1. The lowest BCUT2D eigenvalue weighted by Gasteiger charge is -2.35. The highest BCUT2D eigenvalue weighted by Crippen LogP contribution is 2.31. The molecule has 2 N–H and O–H groups in total. The van der Waals surface area contributed by atoms with Gasteiger partial charge in [0.15, 0.2) is 0 Å². The Labute approximate surface area is 235 Å². The number of carbonyl (C=O) groups excluding carboxylic acids is 4. The second kappa shape index (κ2) is 12.5. The van der Waals surface area contributed by atoms with Crippen LogP contribution in [0.2, 0.25) is 25.7 Å². The van der Waals surface area contributed by atoms with Crippen LogP contribution in [0.15, 0.2) is 42.5 Å². The Hall–Kier alpha value is -3.94. The molecule has 1 atom stereocenters. The van der Waals surface area contributed by atoms with E-state index in [1.54, 1.807) is 41.3 Å². The molecule has 2 aliphatic rings. The summed E-state index contributed by atoms with van der Waals surface area (Å²) >= 11 is 0. The third-order valence-corrected chi connectivity index (χ3v) is 8.63. The zero-order valence-electron chi connectivity index (χ0n) is 23.2. The molecule has 2 aliphatic heterocycles. The number of amides is 4. The summed E-state index contributed by atoms with van der Waals surface area (Å²) in [7, 11) is -1.30. The van der Waals surface area contributed by atoms with Crippen molar-refractivity contribution in [1.29, 1.82) is 0 Å². The van der Waals surface area contributed by atoms with Crippen molar-refractivity contribution in [2.45, 2.75) is 57.5 Å². The number of primary amides is 1. The van der Waals surface area contributed by atoms with E-state index in [1.165, 1.54) is 0 Å². The van der Waals surface area contributed by atoms with Gasteiger partial charge in [0.05, 0.1) is 6.61 Å². The summed E-state index contributed by atoms with van der Waals surface area (Å²) in [5.41, 5.74) is 7.70. The van der Waals surface area contributed by atoms with E-state index in [-0.39, 0.29) is 37.4 Å². The molecule has 2 aromatic carbocycles. The van der Waals surface area contributed by atoms with Gasteiger partial charge in [0, 0.05) is 50.8 Å². The van der Waals surface area contributed by atoms with Gasteiger partial charge in [0.2, 0.25) is 11.8 Å². The van der Waals surface area contributed by atoms with Gasteiger partial charge in [-0.1, -0.05) is 37.5 Å². The van der Waals surface area contributed by atoms with Crippen LogP contribution in [0.5, 0.6) is 5.75 Å². The first-order chi connectivity index (χ1) is 19.0. The number of benzene rings is 2. The van der Waals surface area contributed by atoms with Crippen molar-refractivity contribution >= 4 is 31.7 Å². The monoisotopic (exact) mass is 561 g/mol. The lowest BCUT2D eigenvalue weighted by Crippen LogP contribution is -2.55. The fourth-order valence-electron chi connectivity index (χ4n) is 4.60. The summed E-state index contributed by atoms with van der Waals surface area (Å²) in [5.74, 6) is 5.46. The molecule has 1 fully saturated rings. The molecule has 0 saturated carbocycles. The number of ether oxygens (including phenoxy) is 2. The maximum absolute atomic E-state index is 13.3. The number of hydrogen-bond acceptors (Lipinski definition) is 6. The van der Waals surface area contributed by atoms with Crippen molar-refractivity contribution in [1.82, 2.24) is 9.80 Å². The molecule has 1 unspecified atom stereocenters. The molecule has 0 bridgehead atoms. The molecule has 210 valence electrons. The zero-order valence-corrected chi connectivity index (χ0v) is 24.2. The van der Waals surface area contributed by atoms with E-state index < -0.39 is 20.0 Å². The average Bonchev–Trinajstić information content (AvgIpc) is 3.24. The molecular weight excluding hydrogens is 526 g/mol. The maximum atomic E-state index is 13.3. The number of rotatable bonds is 10. The number of piperidine rings is 1. The zero-order chi connectivity index (χ0) is 28.9. The maximum Gasteiger partial charge on any atom is 0.255 e. The lowest BCUT2D eigenvalue weighted by molar-refractivity contribution is -0.158. The number of likely N-dealkylation sites (tertiary alicyclic amines) is 1. The Morgan fingerprint density at radius 1 is 1.07 bits per heavy atom. The third-order valence-electron chi connectivity index (χ3n) is 6.93. The van der Waals surface area contributed by atoms with Gasteiger partial charge in [0.1, 0.15) is 18.5 Å². The normalized spacial score (nSPS) is 17.0. The largest absolute Gasteiger partial charge is 0.493 e. The Balaban J connectivity index is 1.36. The van der Waals surface area contributed by atoms with Crippen LogP contribution >= 0.6 is 0 Å². The molecule has 2 aromatic rings. The molecule has 0 aromatic heterocycles. The summed E-state index contributed by atoms with van der Waals surface area (Å²) in [5, 5.41) is 0. The smallest absolute Gasteiger partial charge is 0.255 e. The standard InChI is InChI=1S/C30H35N3O6Si/c1-40(2,3)18-17-38-20-33-27(34)15-14-26(30(33)37)32-19-25-21(8-6-9-24(25)29(32)36)7-4-5-16-39-23-12-10-22(11-13-23)28(31)35/h6,8-13,26H,5,14-20H2,1-3H3,(H2,31,35). The average molecular weight is 562 g/mol. The Kier molecular flexibility index (Phi) is 9.07. The molecule has 40 heavy (non-hydrogen) atoms. The highest BCUT2D eigenvalue weighted by molar-refractivity contribution is 6.76. The molecule has 9 nitrogen and oxygen atoms in total. The molecule has 0 aliphatic carbocycles. The molecule has 2 heterocycles. The van der Waals surface area contributed by atoms with E-state index in [0.717, 1.165) is 22.1 Å². The van der Waals surface area contributed by atoms with Crippen molar-refractivity contribution in [2.75, 3.05) is 19.9 Å². The van der Waals surface area contributed by atoms with Gasteiger partial charge in [-0.3, -0.25) is 24.1 Å². The van der Waals surface area contributed by atoms with E-state index in [2.05, 4.69) is 31.5 Å². The minimum Gasteiger partial charge on any atom is -0.493 e. The molecule has 0 radical (unpaired) electrons. The van der Waals surface area contributed by atoms with Crippen LogP contribution in [0, 0.1) is 11.8 Å². The highest BCUT2D eigenvalue weighted by Gasteiger charge is 2.43. The van der Waals surface area contributed by atoms with Crippen molar-refractivity contribution in [3.63, 3.8) is 0 Å². The van der Waals surface area contributed by atoms with Gasteiger partial charge < -0.3 is 20.1 Å². The first-order valence-electron chi connectivity index (χ1n) is 13.4. The van der Waals surface area contributed by atoms with Gasteiger partial charge in [-0.05, 0) is 54.4 Å². The van der Waals surface area contributed by atoms with Gasteiger partial charge >= 0.3 is 0 Å². The summed E-state index contributed by atoms with van der Waals surface area (Å²) in [6.45, 7) is 7.74. The summed E-state index contributed by atoms with van der Waals surface area (Å²) in [4.78, 5) is 53.0. The molecule has 4 amide bonds. The highest BCUT2D eigenvalue weighted by atomic mass is 28.3. The van der Waals surface area contributed by atoms with Gasteiger partial charge in [-0.25, -0.2) is 0 Å². The van der Waals surface area contributed by atoms with Crippen LogP contribution in [0.3, 0.4) is 0 Å². The Morgan fingerprint density at radius 2 is 1.82 bits per heavy atom. The number of nitrogens with zero attached hydrogens (tertiary/aromatic N) is 2. The van der Waals surface area contributed by atoms with E-state index in [9.17, 15) is 19.2 Å². The van der Waals surface area contributed by atoms with E-state index in [1.807, 2.05) is 6.07 Å². The van der Waals surface area contributed by atoms with Crippen LogP contribution in [-0.4, -0.2) is 67.5 Å². The van der Waals surface area contributed by atoms with Gasteiger partial charge in [0.25, 0.3) is 11.8 Å². The summed E-state index contributed by atoms with van der Waals surface area (Å²) in [6, 6.07) is 12.2. The molecule has 10 heteroatoms. The minimum atomic E-state index is -1.30. The van der Waals surface area contributed by atoms with E-state index in [4.69, 9.17) is 15.2 Å². The van der Waals surface area contributed by atoms with Crippen LogP contribution in [0.1, 0.15) is 51.1 Å². The van der Waals surface area contributed by atoms with E-state index >= 15 is 0 Å². The van der Waals surface area contributed by atoms with Crippen molar-refractivity contribution in [3.8, 4) is 17.6 Å². The predicted molar refractivity (Wildman–Crippen MR) is 152 cm³/mol. The second-order valence-electron chi connectivity index (χ2n) is 11.1. The van der Waals surface area contributed by atoms with Gasteiger partial charge in [-0.15, -0.1) is 0 Å². The fourth-order valence-corrected chi connectivity index (χ4v) is 5.35. The SMILES string of the molecule is C[Si](C)(C)CCOCN1C(=O)CCC(N2Cc3c(C#CCCOc4ccc(C(N)=O)cc4)cccc3C2=O)C1=O. The lowest BCUT2D eigenvalue weighted by atomic mass is 10.0. The number of hydrogen-bond donors (Lipinski definition) is 1. The molecular formula is C30H35N3O6Si. The molecule has 1 saturated heterocycles. The number of nitrogens with two attached hydrogens (primary N) is 1. The predicted octanol–water partition coefficient (Wildman–Crippen LogP) is 3.39. The third kappa shape index (κ3) is 6.97. The van der Waals surface area contributed by atoms with E-state index in [0.29, 0.717) is 42.9 Å². The number of fused-ring (bicyclic) bond motifs is 1. The Bertz CT molecular complexity index is 1360. The van der Waals surface area contributed by atoms with Crippen molar-refractivity contribution < 1.29 is 28.7 Å². The van der Waals surface area contributed by atoms with Crippen molar-refractivity contribution in [2.24, 2.45) is 5.73 Å². The van der Waals surface area contributed by atoms with Gasteiger partial charge in [-0.2, -0.15) is 0 Å². The van der Waals surface area contributed by atoms with Crippen molar-refractivity contribution in [3.05, 3.63) is 64.7 Å². The molecule has 0 spiro atoms. The molecule has 4 rings (SSSR count). The quantitative estimate of drug-likeness (QED) is 0.206. The first kappa shape index (κ1) is 29.0. The summed E-state index contributed by atoms with van der Waals surface area (Å²) < 4.78 is 11.4. The second-order valence-corrected chi connectivity index (χ2v) is 16.7. The summed E-state index contributed by atoms with van der Waals surface area (Å²) in [6.07, 6.45) is 0.933. The van der Waals surface area contributed by atoms with Crippen LogP contribution in [0.25, 0.3) is 0 Å².